The summed E-state index contributed by atoms with van der Waals surface area (Å²) >= 11 is 0. The van der Waals surface area contributed by atoms with E-state index in [4.69, 9.17) is 0 Å². The molecule has 4 N–H and O–H groups in total. The van der Waals surface area contributed by atoms with Crippen LogP contribution in [0.5, 0.6) is 0 Å². The van der Waals surface area contributed by atoms with E-state index in [1.165, 1.54) is 11.1 Å². The van der Waals surface area contributed by atoms with Crippen LogP contribution in [0.15, 0.2) is 48.5 Å². The van der Waals surface area contributed by atoms with E-state index in [-0.39, 0.29) is 23.9 Å². The lowest BCUT2D eigenvalue weighted by atomic mass is 10.0. The smallest absolute Gasteiger partial charge is 0.241 e. The molecule has 2 amide bonds. The topological polar surface area (TPSA) is 82.3 Å². The molecule has 0 spiro atoms. The lowest BCUT2D eigenvalue weighted by Crippen LogP contribution is -2.35. The van der Waals surface area contributed by atoms with Gasteiger partial charge in [0.15, 0.2) is 0 Å². The van der Waals surface area contributed by atoms with Gasteiger partial charge in [-0.05, 0) is 87.0 Å². The van der Waals surface area contributed by atoms with Gasteiger partial charge in [0.1, 0.15) is 0 Å². The summed E-state index contributed by atoms with van der Waals surface area (Å²) in [5, 5.41) is 12.4. The van der Waals surface area contributed by atoms with Gasteiger partial charge in [0.05, 0.1) is 12.1 Å². The zero-order valence-corrected chi connectivity index (χ0v) is 17.2. The summed E-state index contributed by atoms with van der Waals surface area (Å²) in [5.74, 6) is 0.104. The number of aryl methyl sites for hydroxylation is 2. The van der Waals surface area contributed by atoms with Crippen LogP contribution < -0.4 is 21.3 Å². The summed E-state index contributed by atoms with van der Waals surface area (Å²) < 4.78 is 0. The van der Waals surface area contributed by atoms with E-state index in [1.807, 2.05) is 24.3 Å². The Labute approximate surface area is 177 Å². The summed E-state index contributed by atoms with van der Waals surface area (Å²) in [4.78, 5) is 24.4. The van der Waals surface area contributed by atoms with E-state index in [0.717, 1.165) is 63.0 Å². The molecule has 6 heteroatoms. The van der Waals surface area contributed by atoms with Crippen LogP contribution in [0, 0.1) is 0 Å². The van der Waals surface area contributed by atoms with E-state index in [1.54, 1.807) is 0 Å². The van der Waals surface area contributed by atoms with E-state index < -0.39 is 0 Å². The minimum Gasteiger partial charge on any atom is -0.325 e. The fraction of sp³-hybridized carbons (Fsp3) is 0.417. The van der Waals surface area contributed by atoms with Gasteiger partial charge in [-0.15, -0.1) is 0 Å². The fourth-order valence-corrected chi connectivity index (χ4v) is 4.07. The Hall–Kier alpha value is -2.70. The summed E-state index contributed by atoms with van der Waals surface area (Å²) in [6.07, 6.45) is 5.78. The highest BCUT2D eigenvalue weighted by Crippen LogP contribution is 2.16. The van der Waals surface area contributed by atoms with Gasteiger partial charge >= 0.3 is 0 Å². The molecule has 0 aromatic heterocycles. The molecule has 2 heterocycles. The number of carbonyl (C=O) groups is 2. The molecule has 2 fully saturated rings. The molecule has 2 atom stereocenters. The molecule has 0 aliphatic carbocycles. The van der Waals surface area contributed by atoms with Crippen molar-refractivity contribution in [2.24, 2.45) is 0 Å². The number of amides is 2. The Morgan fingerprint density at radius 3 is 1.43 bits per heavy atom. The standard InChI is InChI=1S/C24H30N4O2/c29-23(21-3-1-15-25-21)27-19-11-7-17(8-12-19)5-6-18-9-13-20(14-10-18)28-24(30)22-4-2-16-26-22/h7-14,21-22,25-26H,1-6,15-16H2,(H,27,29)(H,28,30). The minimum atomic E-state index is -0.0631. The first-order chi connectivity index (χ1) is 14.7. The number of nitrogens with one attached hydrogen (secondary N) is 4. The summed E-state index contributed by atoms with van der Waals surface area (Å²) in [5.41, 5.74) is 4.15. The molecular weight excluding hydrogens is 376 g/mol. The Kier molecular flexibility index (Phi) is 6.77. The molecule has 158 valence electrons. The highest BCUT2D eigenvalue weighted by atomic mass is 16.2. The van der Waals surface area contributed by atoms with Crippen LogP contribution in [0.4, 0.5) is 11.4 Å². The van der Waals surface area contributed by atoms with Gasteiger partial charge in [-0.25, -0.2) is 0 Å². The Morgan fingerprint density at radius 2 is 1.10 bits per heavy atom. The first-order valence-electron chi connectivity index (χ1n) is 10.9. The average Bonchev–Trinajstić information content (AvgIpc) is 3.48. The molecule has 2 unspecified atom stereocenters. The third kappa shape index (κ3) is 5.46. The maximum absolute atomic E-state index is 12.2. The third-order valence-electron chi connectivity index (χ3n) is 5.90. The van der Waals surface area contributed by atoms with Gasteiger partial charge in [-0.3, -0.25) is 9.59 Å². The van der Waals surface area contributed by atoms with Gasteiger partial charge < -0.3 is 21.3 Å². The maximum atomic E-state index is 12.2. The normalized spacial score (nSPS) is 20.8. The Bertz CT molecular complexity index is 778. The first-order valence-corrected chi connectivity index (χ1v) is 10.9. The minimum absolute atomic E-state index is 0.0520. The molecule has 4 rings (SSSR count). The van der Waals surface area contributed by atoms with Gasteiger partial charge in [-0.2, -0.15) is 0 Å². The SMILES string of the molecule is O=C(Nc1ccc(CCc2ccc(NC(=O)C3CCCN3)cc2)cc1)C1CCCN1. The van der Waals surface area contributed by atoms with Crippen molar-refractivity contribution in [3.05, 3.63) is 59.7 Å². The molecule has 0 radical (unpaired) electrons. The van der Waals surface area contributed by atoms with E-state index in [9.17, 15) is 9.59 Å². The third-order valence-corrected chi connectivity index (χ3v) is 5.90. The van der Waals surface area contributed by atoms with Gasteiger partial charge in [0, 0.05) is 11.4 Å². The van der Waals surface area contributed by atoms with E-state index >= 15 is 0 Å². The number of carbonyl (C=O) groups excluding carboxylic acids is 2. The second-order valence-electron chi connectivity index (χ2n) is 8.17. The highest BCUT2D eigenvalue weighted by molar-refractivity contribution is 5.95. The van der Waals surface area contributed by atoms with E-state index in [2.05, 4.69) is 45.5 Å². The lowest BCUT2D eigenvalue weighted by Gasteiger charge is -2.12. The quantitative estimate of drug-likeness (QED) is 0.570. The monoisotopic (exact) mass is 406 g/mol. The van der Waals surface area contributed by atoms with Crippen molar-refractivity contribution >= 4 is 23.2 Å². The van der Waals surface area contributed by atoms with Crippen LogP contribution in [-0.2, 0) is 22.4 Å². The second-order valence-corrected chi connectivity index (χ2v) is 8.17. The fourth-order valence-electron chi connectivity index (χ4n) is 4.07. The molecule has 0 saturated carbocycles. The largest absolute Gasteiger partial charge is 0.325 e. The van der Waals surface area contributed by atoms with Gasteiger partial charge in [0.25, 0.3) is 0 Å². The van der Waals surface area contributed by atoms with Crippen LogP contribution in [0.3, 0.4) is 0 Å². The van der Waals surface area contributed by atoms with Crippen LogP contribution in [-0.4, -0.2) is 37.0 Å². The number of anilines is 2. The van der Waals surface area contributed by atoms with Crippen molar-refractivity contribution in [2.75, 3.05) is 23.7 Å². The molecule has 2 aliphatic heterocycles. The Balaban J connectivity index is 1.24. The maximum Gasteiger partial charge on any atom is 0.241 e. The van der Waals surface area contributed by atoms with E-state index in [0.29, 0.717) is 0 Å². The van der Waals surface area contributed by atoms with Crippen LogP contribution >= 0.6 is 0 Å². The van der Waals surface area contributed by atoms with Crippen LogP contribution in [0.25, 0.3) is 0 Å². The molecule has 2 aromatic rings. The highest BCUT2D eigenvalue weighted by Gasteiger charge is 2.22. The second kappa shape index (κ2) is 9.87. The number of hydrogen-bond acceptors (Lipinski definition) is 4. The number of rotatable bonds is 7. The molecule has 30 heavy (non-hydrogen) atoms. The van der Waals surface area contributed by atoms with Crippen LogP contribution in [0.2, 0.25) is 0 Å². The molecule has 6 nitrogen and oxygen atoms in total. The molecule has 2 saturated heterocycles. The van der Waals surface area contributed by atoms with Crippen LogP contribution in [0.1, 0.15) is 36.8 Å². The first kappa shape index (κ1) is 20.6. The lowest BCUT2D eigenvalue weighted by molar-refractivity contribution is -0.118. The van der Waals surface area contributed by atoms with Crippen molar-refractivity contribution in [1.29, 1.82) is 0 Å². The number of hydrogen-bond donors (Lipinski definition) is 4. The number of benzene rings is 2. The molecular formula is C24H30N4O2. The van der Waals surface area contributed by atoms with Crippen molar-refractivity contribution in [2.45, 2.75) is 50.6 Å². The molecule has 0 bridgehead atoms. The predicted molar refractivity (Wildman–Crippen MR) is 120 cm³/mol. The summed E-state index contributed by atoms with van der Waals surface area (Å²) in [6.45, 7) is 1.84. The van der Waals surface area contributed by atoms with Crippen molar-refractivity contribution in [3.63, 3.8) is 0 Å². The Morgan fingerprint density at radius 1 is 0.700 bits per heavy atom. The van der Waals surface area contributed by atoms with Crippen molar-refractivity contribution < 1.29 is 9.59 Å². The van der Waals surface area contributed by atoms with Crippen molar-refractivity contribution in [3.8, 4) is 0 Å². The molecule has 2 aromatic carbocycles. The summed E-state index contributed by atoms with van der Waals surface area (Å²) in [6, 6.07) is 16.0. The average molecular weight is 407 g/mol. The van der Waals surface area contributed by atoms with Gasteiger partial charge in [0.2, 0.25) is 11.8 Å². The predicted octanol–water partition coefficient (Wildman–Crippen LogP) is 2.85. The zero-order chi connectivity index (χ0) is 20.8. The van der Waals surface area contributed by atoms with Gasteiger partial charge in [-0.1, -0.05) is 24.3 Å². The van der Waals surface area contributed by atoms with Crippen molar-refractivity contribution in [1.82, 2.24) is 10.6 Å². The molecule has 2 aliphatic rings. The zero-order valence-electron chi connectivity index (χ0n) is 17.2. The summed E-state index contributed by atoms with van der Waals surface area (Å²) in [7, 11) is 0.